The highest BCUT2D eigenvalue weighted by molar-refractivity contribution is 7.52. The maximum Gasteiger partial charge on any atom is 0.459 e. The number of nitrogens with zero attached hydrogens (tertiary/aromatic N) is 3. The Morgan fingerprint density at radius 2 is 1.90 bits per heavy atom. The van der Waals surface area contributed by atoms with E-state index in [0.29, 0.717) is 18.2 Å². The lowest BCUT2D eigenvalue weighted by atomic mass is 9.96. The molecule has 1 saturated heterocycles. The molecule has 49 heavy (non-hydrogen) atoms. The zero-order valence-electron chi connectivity index (χ0n) is 26.8. The molecule has 1 fully saturated rings. The number of rotatable bonds is 13. The van der Waals surface area contributed by atoms with Gasteiger partial charge in [-0.2, -0.15) is 10.1 Å². The minimum Gasteiger partial charge on any atom is -0.465 e. The Balaban J connectivity index is 1.19. The average Bonchev–Trinajstić information content (AvgIpc) is 3.59. The minimum atomic E-state index is -4.41. The van der Waals surface area contributed by atoms with Crippen molar-refractivity contribution in [3.8, 4) is 5.75 Å². The predicted octanol–water partition coefficient (Wildman–Crippen LogP) is 3.22. The first-order valence-corrected chi connectivity index (χ1v) is 17.2. The lowest BCUT2D eigenvalue weighted by Gasteiger charge is -2.27. The third-order valence-corrected chi connectivity index (χ3v) is 9.87. The van der Waals surface area contributed by atoms with Gasteiger partial charge in [0.25, 0.3) is 5.56 Å². The second kappa shape index (κ2) is 14.1. The third-order valence-electron chi connectivity index (χ3n) is 8.24. The summed E-state index contributed by atoms with van der Waals surface area (Å²) in [4.78, 5) is 35.8. The fraction of sp³-hybridized carbons (Fsp3) is 0.333. The van der Waals surface area contributed by atoms with Crippen LogP contribution in [0.1, 0.15) is 32.1 Å². The van der Waals surface area contributed by atoms with Crippen molar-refractivity contribution in [2.24, 2.45) is 0 Å². The Morgan fingerprint density at radius 1 is 1.16 bits per heavy atom. The summed E-state index contributed by atoms with van der Waals surface area (Å²) in [5.41, 5.74) is 4.24. The van der Waals surface area contributed by atoms with Gasteiger partial charge in [0.1, 0.15) is 29.6 Å². The van der Waals surface area contributed by atoms with Crippen molar-refractivity contribution >= 4 is 41.6 Å². The van der Waals surface area contributed by atoms with Gasteiger partial charge in [0.15, 0.2) is 17.4 Å². The summed E-state index contributed by atoms with van der Waals surface area (Å²) >= 11 is 0. The number of nitrogens with one attached hydrogen (secondary N) is 2. The molecule has 1 aliphatic rings. The van der Waals surface area contributed by atoms with Crippen LogP contribution < -0.4 is 20.9 Å². The number of aryl methyl sites for hydroxylation is 1. The number of carbonyl (C=O) groups is 1. The Morgan fingerprint density at radius 3 is 2.69 bits per heavy atom. The molecule has 0 spiro atoms. The molecule has 15 nitrogen and oxygen atoms in total. The van der Waals surface area contributed by atoms with Gasteiger partial charge in [-0.25, -0.2) is 9.55 Å². The number of esters is 1. The summed E-state index contributed by atoms with van der Waals surface area (Å²) in [5.74, 6) is -0.639. The molecule has 2 aromatic heterocycles. The highest BCUT2D eigenvalue weighted by Gasteiger charge is 2.54. The Labute approximate surface area is 280 Å². The van der Waals surface area contributed by atoms with Crippen molar-refractivity contribution in [3.63, 3.8) is 0 Å². The van der Waals surface area contributed by atoms with E-state index in [2.05, 4.69) is 20.0 Å². The minimum absolute atomic E-state index is 0.0167. The van der Waals surface area contributed by atoms with E-state index >= 15 is 0 Å². The zero-order chi connectivity index (χ0) is 34.8. The number of nitrogens with two attached hydrogens (primary N) is 1. The van der Waals surface area contributed by atoms with Crippen LogP contribution in [-0.2, 0) is 29.8 Å². The second-order valence-electron chi connectivity index (χ2n) is 11.9. The summed E-state index contributed by atoms with van der Waals surface area (Å²) in [6.07, 6.45) is -1.61. The van der Waals surface area contributed by atoms with E-state index < -0.39 is 56.0 Å². The van der Waals surface area contributed by atoms with Crippen LogP contribution in [0.5, 0.6) is 5.75 Å². The summed E-state index contributed by atoms with van der Waals surface area (Å²) in [7, 11) is -4.41. The number of carbonyl (C=O) groups excluding carboxylic acids is 1. The van der Waals surface area contributed by atoms with Crippen molar-refractivity contribution in [1.29, 1.82) is 0 Å². The predicted molar refractivity (Wildman–Crippen MR) is 180 cm³/mol. The zero-order valence-corrected chi connectivity index (χ0v) is 27.7. The van der Waals surface area contributed by atoms with Crippen molar-refractivity contribution in [2.75, 3.05) is 18.9 Å². The number of ether oxygens (including phenoxy) is 2. The molecule has 0 bridgehead atoms. The van der Waals surface area contributed by atoms with Gasteiger partial charge < -0.3 is 29.9 Å². The van der Waals surface area contributed by atoms with Gasteiger partial charge in [0, 0.05) is 5.39 Å². The fourth-order valence-electron chi connectivity index (χ4n) is 5.67. The number of H-pyrrole nitrogens is 1. The van der Waals surface area contributed by atoms with Crippen LogP contribution in [0.15, 0.2) is 83.9 Å². The number of benzene rings is 3. The summed E-state index contributed by atoms with van der Waals surface area (Å²) in [5, 5.41) is 26.6. The smallest absolute Gasteiger partial charge is 0.459 e. The molecule has 16 heteroatoms. The summed E-state index contributed by atoms with van der Waals surface area (Å²) < 4.78 is 38.9. The number of anilines is 1. The van der Waals surface area contributed by atoms with Crippen LogP contribution in [0, 0.1) is 0 Å². The van der Waals surface area contributed by atoms with Gasteiger partial charge in [-0.3, -0.25) is 23.7 Å². The Hall–Kier alpha value is -4.63. The van der Waals surface area contributed by atoms with E-state index in [1.54, 1.807) is 24.3 Å². The number of nitrogen functional groups attached to an aromatic ring is 1. The first-order chi connectivity index (χ1) is 23.4. The van der Waals surface area contributed by atoms with Crippen LogP contribution in [0.3, 0.4) is 0 Å². The van der Waals surface area contributed by atoms with Crippen molar-refractivity contribution in [3.05, 3.63) is 95.0 Å². The number of aliphatic hydroxyl groups is 2. The number of aromatic nitrogens is 4. The molecule has 258 valence electrons. The molecule has 0 aliphatic carbocycles. The number of imidazole rings is 1. The molecule has 6 atom stereocenters. The molecular formula is C33H37N6O9P. The van der Waals surface area contributed by atoms with Crippen LogP contribution in [-0.4, -0.2) is 72.8 Å². The van der Waals surface area contributed by atoms with Crippen LogP contribution in [0.4, 0.5) is 5.95 Å². The summed E-state index contributed by atoms with van der Waals surface area (Å²) in [6, 6.07) is 21.1. The molecule has 6 N–H and O–H groups in total. The third kappa shape index (κ3) is 7.37. The van der Waals surface area contributed by atoms with Gasteiger partial charge in [-0.1, -0.05) is 66.7 Å². The first kappa shape index (κ1) is 34.2. The first-order valence-electron chi connectivity index (χ1n) is 15.6. The number of hydrogen-bond acceptors (Lipinski definition) is 12. The molecule has 3 heterocycles. The van der Waals surface area contributed by atoms with Crippen LogP contribution in [0.25, 0.3) is 21.9 Å². The van der Waals surface area contributed by atoms with E-state index in [-0.39, 0.29) is 29.5 Å². The van der Waals surface area contributed by atoms with Crippen LogP contribution >= 0.6 is 7.75 Å². The van der Waals surface area contributed by atoms with Gasteiger partial charge in [-0.15, -0.1) is 0 Å². The topological polar surface area (TPSA) is 213 Å². The van der Waals surface area contributed by atoms with Gasteiger partial charge in [-0.05, 0) is 43.7 Å². The second-order valence-corrected chi connectivity index (χ2v) is 13.6. The maximum atomic E-state index is 14.4. The van der Waals surface area contributed by atoms with Crippen molar-refractivity contribution < 1.29 is 38.1 Å². The highest BCUT2D eigenvalue weighted by Crippen LogP contribution is 2.48. The number of hydrogen-bond donors (Lipinski definition) is 5. The molecule has 0 amide bonds. The monoisotopic (exact) mass is 692 g/mol. The Kier molecular flexibility index (Phi) is 9.84. The number of aliphatic hydroxyl groups excluding tert-OH is 1. The lowest BCUT2D eigenvalue weighted by Crippen LogP contribution is -2.44. The molecule has 5 aromatic rings. The SMILES string of the molecule is C[C@H](NP(=O)(OC[C@H]1O[C@@H](n2cnc3c(=O)[nH]c(N)nc32)[C@](C)(O)[C@@H]1O)Oc1cccc2ccccc12)C(=O)OCCCc1ccccc1. The standard InChI is InChI=1S/C33H37N6O9P/c1-20(30(42)45-17-9-12-21-10-4-3-5-11-21)38-49(44,48-24-16-8-14-22-13-6-7-15-23(22)24)46-18-25-27(40)33(2,43)31(47-25)39-19-35-26-28(39)36-32(34)37-29(26)41/h3-8,10-11,13-16,19-20,25,27,31,40,43H,9,12,17-18H2,1-2H3,(H,38,44)(H3,34,36,37,41)/t20-,25+,27+,31+,33+,49?/m0/s1. The van der Waals surface area contributed by atoms with Crippen molar-refractivity contribution in [2.45, 2.75) is 56.8 Å². The van der Waals surface area contributed by atoms with Crippen molar-refractivity contribution in [1.82, 2.24) is 24.6 Å². The van der Waals surface area contributed by atoms with E-state index in [4.69, 9.17) is 24.3 Å². The normalized spacial score (nSPS) is 22.6. The molecule has 0 radical (unpaired) electrons. The lowest BCUT2D eigenvalue weighted by molar-refractivity contribution is -0.145. The Bertz CT molecular complexity index is 2050. The largest absolute Gasteiger partial charge is 0.465 e. The molecule has 6 rings (SSSR count). The maximum absolute atomic E-state index is 14.4. The van der Waals surface area contributed by atoms with E-state index in [9.17, 15) is 24.4 Å². The fourth-order valence-corrected chi connectivity index (χ4v) is 7.19. The van der Waals surface area contributed by atoms with E-state index in [1.807, 2.05) is 48.5 Å². The van der Waals surface area contributed by atoms with Crippen LogP contribution in [0.2, 0.25) is 0 Å². The van der Waals surface area contributed by atoms with Gasteiger partial charge >= 0.3 is 13.7 Å². The average molecular weight is 693 g/mol. The molecule has 1 unspecified atom stereocenters. The number of aromatic amines is 1. The van der Waals surface area contributed by atoms with Gasteiger partial charge in [0.05, 0.1) is 19.5 Å². The van der Waals surface area contributed by atoms with E-state index in [1.165, 1.54) is 24.7 Å². The molecule has 3 aromatic carbocycles. The molecule has 1 aliphatic heterocycles. The number of fused-ring (bicyclic) bond motifs is 2. The molecular weight excluding hydrogens is 655 g/mol. The van der Waals surface area contributed by atoms with Gasteiger partial charge in [0.2, 0.25) is 5.95 Å². The summed E-state index contributed by atoms with van der Waals surface area (Å²) in [6.45, 7) is 2.38. The molecule has 0 saturated carbocycles. The van der Waals surface area contributed by atoms with E-state index in [0.717, 1.165) is 10.9 Å². The quantitative estimate of drug-likeness (QED) is 0.0682. The highest BCUT2D eigenvalue weighted by atomic mass is 31.2.